The number of methoxy groups -OCH3 is 1. The summed E-state index contributed by atoms with van der Waals surface area (Å²) in [6.45, 7) is 2.89. The fourth-order valence-electron chi connectivity index (χ4n) is 1.98. The van der Waals surface area contributed by atoms with Gasteiger partial charge in [-0.25, -0.2) is 4.98 Å². The zero-order chi connectivity index (χ0) is 13.0. The number of ether oxygens (including phenoxy) is 2. The molecular formula is C11H18N4O3. The maximum atomic E-state index is 11.2. The van der Waals surface area contributed by atoms with Gasteiger partial charge in [0.05, 0.1) is 32.8 Å². The molecule has 0 radical (unpaired) electrons. The van der Waals surface area contributed by atoms with Gasteiger partial charge >= 0.3 is 5.97 Å². The van der Waals surface area contributed by atoms with Gasteiger partial charge in [-0.05, 0) is 0 Å². The van der Waals surface area contributed by atoms with E-state index in [-0.39, 0.29) is 12.1 Å². The third-order valence-corrected chi connectivity index (χ3v) is 3.02. The van der Waals surface area contributed by atoms with Gasteiger partial charge < -0.3 is 9.47 Å². The molecule has 0 amide bonds. The Kier molecular flexibility index (Phi) is 4.27. The van der Waals surface area contributed by atoms with Crippen LogP contribution in [-0.4, -0.2) is 58.5 Å². The monoisotopic (exact) mass is 254 g/mol. The van der Waals surface area contributed by atoms with Crippen molar-refractivity contribution in [2.24, 2.45) is 7.05 Å². The second-order valence-corrected chi connectivity index (χ2v) is 4.31. The summed E-state index contributed by atoms with van der Waals surface area (Å²) in [4.78, 5) is 17.6. The molecule has 100 valence electrons. The van der Waals surface area contributed by atoms with E-state index < -0.39 is 0 Å². The molecule has 1 unspecified atom stereocenters. The quantitative estimate of drug-likeness (QED) is 0.680. The Labute approximate surface area is 106 Å². The molecule has 1 aliphatic rings. The summed E-state index contributed by atoms with van der Waals surface area (Å²) in [7, 11) is 3.26. The first-order chi connectivity index (χ1) is 8.69. The second-order valence-electron chi connectivity index (χ2n) is 4.31. The van der Waals surface area contributed by atoms with Crippen LogP contribution >= 0.6 is 0 Å². The number of aromatic nitrogens is 3. The minimum atomic E-state index is -0.236. The number of morpholine rings is 1. The maximum absolute atomic E-state index is 11.2. The van der Waals surface area contributed by atoms with Crippen molar-refractivity contribution in [2.75, 3.05) is 26.8 Å². The molecule has 1 saturated heterocycles. The molecule has 2 heterocycles. The highest BCUT2D eigenvalue weighted by Gasteiger charge is 2.24. The Balaban J connectivity index is 1.87. The molecule has 1 fully saturated rings. The van der Waals surface area contributed by atoms with Crippen LogP contribution in [0.4, 0.5) is 0 Å². The molecule has 7 nitrogen and oxygen atoms in total. The van der Waals surface area contributed by atoms with Crippen molar-refractivity contribution in [3.63, 3.8) is 0 Å². The van der Waals surface area contributed by atoms with E-state index in [1.165, 1.54) is 7.11 Å². The number of nitrogens with zero attached hydrogens (tertiary/aromatic N) is 4. The fourth-order valence-corrected chi connectivity index (χ4v) is 1.98. The van der Waals surface area contributed by atoms with Crippen LogP contribution in [0.15, 0.2) is 6.33 Å². The van der Waals surface area contributed by atoms with Crippen LogP contribution in [0.3, 0.4) is 0 Å². The lowest BCUT2D eigenvalue weighted by Gasteiger charge is -2.31. The minimum Gasteiger partial charge on any atom is -0.469 e. The Morgan fingerprint density at radius 1 is 1.67 bits per heavy atom. The highest BCUT2D eigenvalue weighted by atomic mass is 16.5. The summed E-state index contributed by atoms with van der Waals surface area (Å²) in [6.07, 6.45) is 1.74. The largest absolute Gasteiger partial charge is 0.469 e. The van der Waals surface area contributed by atoms with E-state index in [1.807, 2.05) is 7.05 Å². The lowest BCUT2D eigenvalue weighted by atomic mass is 10.2. The number of carbonyl (C=O) groups excluding carboxylic acids is 1. The highest BCUT2D eigenvalue weighted by molar-refractivity contribution is 5.69. The van der Waals surface area contributed by atoms with Gasteiger partial charge in [-0.2, -0.15) is 5.10 Å². The molecule has 0 aliphatic carbocycles. The number of esters is 1. The van der Waals surface area contributed by atoms with Crippen molar-refractivity contribution in [3.05, 3.63) is 12.2 Å². The van der Waals surface area contributed by atoms with Gasteiger partial charge in [0.1, 0.15) is 12.2 Å². The average molecular weight is 254 g/mol. The van der Waals surface area contributed by atoms with Crippen molar-refractivity contribution in [1.29, 1.82) is 0 Å². The fraction of sp³-hybridized carbons (Fsp3) is 0.727. The summed E-state index contributed by atoms with van der Waals surface area (Å²) in [5, 5.41) is 4.04. The Morgan fingerprint density at radius 3 is 3.17 bits per heavy atom. The van der Waals surface area contributed by atoms with Crippen LogP contribution in [-0.2, 0) is 27.9 Å². The van der Waals surface area contributed by atoms with Crippen molar-refractivity contribution in [2.45, 2.75) is 19.1 Å². The molecule has 18 heavy (non-hydrogen) atoms. The lowest BCUT2D eigenvalue weighted by molar-refractivity contribution is -0.145. The Hall–Kier alpha value is -1.47. The van der Waals surface area contributed by atoms with Crippen LogP contribution in [0.5, 0.6) is 0 Å². The third-order valence-electron chi connectivity index (χ3n) is 3.02. The molecule has 0 spiro atoms. The van der Waals surface area contributed by atoms with Gasteiger partial charge in [0.25, 0.3) is 0 Å². The molecular weight excluding hydrogens is 236 g/mol. The van der Waals surface area contributed by atoms with E-state index in [0.29, 0.717) is 19.6 Å². The molecule has 0 bridgehead atoms. The SMILES string of the molecule is COC(=O)CC1CN(Cc2ncnn2C)CCO1. The molecule has 0 aromatic carbocycles. The first-order valence-corrected chi connectivity index (χ1v) is 5.92. The normalized spacial score (nSPS) is 20.9. The van der Waals surface area contributed by atoms with Crippen molar-refractivity contribution in [1.82, 2.24) is 19.7 Å². The first-order valence-electron chi connectivity index (χ1n) is 5.92. The summed E-state index contributed by atoms with van der Waals surface area (Å²) in [6, 6.07) is 0. The van der Waals surface area contributed by atoms with Gasteiger partial charge in [0.15, 0.2) is 0 Å². The smallest absolute Gasteiger partial charge is 0.308 e. The molecule has 1 aliphatic heterocycles. The van der Waals surface area contributed by atoms with Crippen molar-refractivity contribution in [3.8, 4) is 0 Å². The van der Waals surface area contributed by atoms with Gasteiger partial charge in [0.2, 0.25) is 0 Å². The number of hydrogen-bond acceptors (Lipinski definition) is 6. The Bertz CT molecular complexity index is 407. The Morgan fingerprint density at radius 2 is 2.50 bits per heavy atom. The number of hydrogen-bond donors (Lipinski definition) is 0. The van der Waals surface area contributed by atoms with E-state index in [9.17, 15) is 4.79 Å². The average Bonchev–Trinajstić information content (AvgIpc) is 2.75. The van der Waals surface area contributed by atoms with Gasteiger partial charge in [-0.1, -0.05) is 0 Å². The zero-order valence-electron chi connectivity index (χ0n) is 10.7. The number of rotatable bonds is 4. The van der Waals surface area contributed by atoms with Crippen molar-refractivity contribution >= 4 is 5.97 Å². The third kappa shape index (κ3) is 3.27. The second kappa shape index (κ2) is 5.92. The van der Waals surface area contributed by atoms with E-state index in [1.54, 1.807) is 11.0 Å². The van der Waals surface area contributed by atoms with Crippen LogP contribution < -0.4 is 0 Å². The highest BCUT2D eigenvalue weighted by Crippen LogP contribution is 2.11. The summed E-state index contributed by atoms with van der Waals surface area (Å²) in [5.74, 6) is 0.675. The van der Waals surface area contributed by atoms with Crippen LogP contribution in [0.1, 0.15) is 12.2 Å². The first kappa shape index (κ1) is 13.0. The predicted molar refractivity (Wildman–Crippen MR) is 62.7 cm³/mol. The topological polar surface area (TPSA) is 69.5 Å². The van der Waals surface area contributed by atoms with Crippen LogP contribution in [0.2, 0.25) is 0 Å². The standard InChI is InChI=1S/C11H18N4O3/c1-14-10(12-8-13-14)7-15-3-4-18-9(6-15)5-11(16)17-2/h8-9H,3-7H2,1-2H3. The van der Waals surface area contributed by atoms with Gasteiger partial charge in [-0.15, -0.1) is 0 Å². The molecule has 1 atom stereocenters. The van der Waals surface area contributed by atoms with Crippen LogP contribution in [0.25, 0.3) is 0 Å². The molecule has 0 N–H and O–H groups in total. The molecule has 2 rings (SSSR count). The van der Waals surface area contributed by atoms with E-state index >= 15 is 0 Å². The summed E-state index contributed by atoms with van der Waals surface area (Å²) < 4.78 is 11.9. The minimum absolute atomic E-state index is 0.0978. The molecule has 1 aromatic rings. The summed E-state index contributed by atoms with van der Waals surface area (Å²) >= 11 is 0. The maximum Gasteiger partial charge on any atom is 0.308 e. The summed E-state index contributed by atoms with van der Waals surface area (Å²) in [5.41, 5.74) is 0. The van der Waals surface area contributed by atoms with E-state index in [0.717, 1.165) is 18.9 Å². The van der Waals surface area contributed by atoms with Gasteiger partial charge in [-0.3, -0.25) is 14.4 Å². The lowest BCUT2D eigenvalue weighted by Crippen LogP contribution is -2.43. The van der Waals surface area contributed by atoms with E-state index in [4.69, 9.17) is 4.74 Å². The zero-order valence-corrected chi connectivity index (χ0v) is 10.7. The van der Waals surface area contributed by atoms with Crippen molar-refractivity contribution < 1.29 is 14.3 Å². The van der Waals surface area contributed by atoms with Crippen LogP contribution in [0, 0.1) is 0 Å². The van der Waals surface area contributed by atoms with Gasteiger partial charge in [0, 0.05) is 20.1 Å². The molecule has 0 saturated carbocycles. The number of carbonyl (C=O) groups is 1. The predicted octanol–water partition coefficient (Wildman–Crippen LogP) is -0.421. The molecule has 1 aromatic heterocycles. The number of aryl methyl sites for hydroxylation is 1. The molecule has 7 heteroatoms. The van der Waals surface area contributed by atoms with E-state index in [2.05, 4.69) is 19.7 Å².